The van der Waals surface area contributed by atoms with Gasteiger partial charge < -0.3 is 15.0 Å². The van der Waals surface area contributed by atoms with Crippen LogP contribution in [0.4, 0.5) is 14.6 Å². The quantitative estimate of drug-likeness (QED) is 0.344. The van der Waals surface area contributed by atoms with Crippen LogP contribution in [0.25, 0.3) is 32.9 Å². The number of fused-ring (bicyclic) bond motifs is 3. The first kappa shape index (κ1) is 25.8. The molecule has 8 rings (SSSR count). The van der Waals surface area contributed by atoms with E-state index in [9.17, 15) is 4.79 Å². The molecular formula is C32H32F2N6O2. The average molecular weight is 571 g/mol. The van der Waals surface area contributed by atoms with Crippen molar-refractivity contribution in [3.05, 3.63) is 54.2 Å². The highest BCUT2D eigenvalue weighted by molar-refractivity contribution is 5.99. The molecule has 0 aliphatic carbocycles. The standard InChI is InChI=1S/C32H32F2N6O2/c33-23-9-2-7-20-6-1-8-21(24(20)23)26-25(34)27-22(16-35-26)28(39-13-3-10-31(18-39)17-36-29(31)41)38-30(37-27)42-19-32-11-4-14-40(32)15-5-12-32/h1-2,6-9,16H,3-5,10-15,17-19H2,(H,36,41)/t31-/m0/s1. The molecule has 1 N–H and O–H groups in total. The normalized spacial score (nSPS) is 23.4. The summed E-state index contributed by atoms with van der Waals surface area (Å²) >= 11 is 0. The van der Waals surface area contributed by atoms with Crippen molar-refractivity contribution in [2.75, 3.05) is 44.2 Å². The van der Waals surface area contributed by atoms with E-state index in [1.54, 1.807) is 36.5 Å². The van der Waals surface area contributed by atoms with Gasteiger partial charge in [0.25, 0.3) is 0 Å². The van der Waals surface area contributed by atoms with Crippen LogP contribution in [0.1, 0.15) is 38.5 Å². The molecule has 10 heteroatoms. The molecule has 4 fully saturated rings. The molecule has 42 heavy (non-hydrogen) atoms. The zero-order chi connectivity index (χ0) is 28.5. The van der Waals surface area contributed by atoms with Crippen molar-refractivity contribution >= 4 is 33.4 Å². The smallest absolute Gasteiger partial charge is 0.319 e. The summed E-state index contributed by atoms with van der Waals surface area (Å²) < 4.78 is 37.9. The first-order chi connectivity index (χ1) is 20.5. The number of hydrogen-bond acceptors (Lipinski definition) is 7. The van der Waals surface area contributed by atoms with Gasteiger partial charge in [-0.25, -0.2) is 8.78 Å². The SMILES string of the molecule is O=C1NC[C@]12CCCN(c1nc(OCC34CCCN3CCC4)nc3c(F)c(-c4cccc5cccc(F)c45)ncc13)C2. The molecule has 0 unspecified atom stereocenters. The fourth-order valence-electron chi connectivity index (χ4n) is 7.72. The number of halogens is 2. The summed E-state index contributed by atoms with van der Waals surface area (Å²) in [4.78, 5) is 31.1. The van der Waals surface area contributed by atoms with Gasteiger partial charge in [-0.1, -0.05) is 30.3 Å². The van der Waals surface area contributed by atoms with Gasteiger partial charge in [-0.3, -0.25) is 14.7 Å². The van der Waals surface area contributed by atoms with E-state index < -0.39 is 17.0 Å². The number of nitrogens with zero attached hydrogens (tertiary/aromatic N) is 5. The fourth-order valence-corrected chi connectivity index (χ4v) is 7.72. The van der Waals surface area contributed by atoms with Crippen molar-refractivity contribution in [2.24, 2.45) is 5.41 Å². The largest absolute Gasteiger partial charge is 0.461 e. The number of piperidine rings is 1. The topological polar surface area (TPSA) is 83.5 Å². The Labute approximate surface area is 242 Å². The Morgan fingerprint density at radius 3 is 2.52 bits per heavy atom. The number of β-lactam (4-membered cyclic amide) rings is 1. The molecule has 2 aromatic heterocycles. The number of carbonyl (C=O) groups is 1. The number of hydrogen-bond donors (Lipinski definition) is 1. The fraction of sp³-hybridized carbons (Fsp3) is 0.438. The summed E-state index contributed by atoms with van der Waals surface area (Å²) in [6.07, 6.45) is 7.59. The van der Waals surface area contributed by atoms with Crippen LogP contribution in [0.15, 0.2) is 42.6 Å². The minimum atomic E-state index is -0.647. The monoisotopic (exact) mass is 570 g/mol. The number of rotatable bonds is 5. The summed E-state index contributed by atoms with van der Waals surface area (Å²) in [6, 6.07) is 10.2. The highest BCUT2D eigenvalue weighted by Crippen LogP contribution is 2.42. The number of ether oxygens (including phenoxy) is 1. The Morgan fingerprint density at radius 1 is 0.976 bits per heavy atom. The van der Waals surface area contributed by atoms with Crippen molar-refractivity contribution in [2.45, 2.75) is 44.1 Å². The first-order valence-electron chi connectivity index (χ1n) is 14.9. The zero-order valence-electron chi connectivity index (χ0n) is 23.3. The van der Waals surface area contributed by atoms with E-state index in [0.29, 0.717) is 53.8 Å². The minimum absolute atomic E-state index is 0.0265. The number of pyridine rings is 1. The maximum absolute atomic E-state index is 16.6. The molecule has 4 saturated heterocycles. The summed E-state index contributed by atoms with van der Waals surface area (Å²) in [7, 11) is 0. The summed E-state index contributed by atoms with van der Waals surface area (Å²) in [6.45, 7) is 4.36. The summed E-state index contributed by atoms with van der Waals surface area (Å²) in [5.74, 6) is -0.520. The number of nitrogens with one attached hydrogen (secondary N) is 1. The van der Waals surface area contributed by atoms with Gasteiger partial charge >= 0.3 is 6.01 Å². The molecule has 1 amide bonds. The molecule has 0 radical (unpaired) electrons. The Bertz CT molecular complexity index is 1730. The van der Waals surface area contributed by atoms with Crippen molar-refractivity contribution in [1.82, 2.24) is 25.2 Å². The van der Waals surface area contributed by atoms with Crippen LogP contribution < -0.4 is 15.0 Å². The van der Waals surface area contributed by atoms with Gasteiger partial charge in [0.1, 0.15) is 29.5 Å². The van der Waals surface area contributed by atoms with Crippen molar-refractivity contribution in [1.29, 1.82) is 0 Å². The van der Waals surface area contributed by atoms with Crippen LogP contribution in [0, 0.1) is 17.0 Å². The van der Waals surface area contributed by atoms with Crippen LogP contribution in [-0.2, 0) is 4.79 Å². The second kappa shape index (κ2) is 9.55. The van der Waals surface area contributed by atoms with Gasteiger partial charge in [0.05, 0.1) is 16.3 Å². The van der Waals surface area contributed by atoms with E-state index >= 15 is 8.78 Å². The molecule has 8 nitrogen and oxygen atoms in total. The van der Waals surface area contributed by atoms with Gasteiger partial charge in [0.2, 0.25) is 5.91 Å². The molecule has 0 bridgehead atoms. The summed E-state index contributed by atoms with van der Waals surface area (Å²) in [5, 5.41) is 4.31. The molecule has 1 spiro atoms. The van der Waals surface area contributed by atoms with Gasteiger partial charge in [-0.2, -0.15) is 9.97 Å². The van der Waals surface area contributed by atoms with E-state index in [4.69, 9.17) is 9.72 Å². The lowest BCUT2D eigenvalue weighted by molar-refractivity contribution is -0.140. The molecule has 216 valence electrons. The second-order valence-electron chi connectivity index (χ2n) is 12.4. The van der Waals surface area contributed by atoms with Crippen LogP contribution in [-0.4, -0.2) is 70.6 Å². The number of benzene rings is 2. The summed E-state index contributed by atoms with van der Waals surface area (Å²) in [5.41, 5.74) is -0.0186. The Hall–Kier alpha value is -3.92. The second-order valence-corrected chi connectivity index (χ2v) is 12.4. The third kappa shape index (κ3) is 3.87. The number of anilines is 1. The molecule has 2 aromatic carbocycles. The van der Waals surface area contributed by atoms with Crippen LogP contribution in [0.5, 0.6) is 6.01 Å². The average Bonchev–Trinajstić information content (AvgIpc) is 3.60. The Balaban J connectivity index is 1.25. The predicted octanol–water partition coefficient (Wildman–Crippen LogP) is 4.85. The zero-order valence-corrected chi connectivity index (χ0v) is 23.3. The Kier molecular flexibility index (Phi) is 5.86. The maximum Gasteiger partial charge on any atom is 0.319 e. The van der Waals surface area contributed by atoms with Gasteiger partial charge in [-0.15, -0.1) is 0 Å². The van der Waals surface area contributed by atoms with Crippen LogP contribution in [0.2, 0.25) is 0 Å². The number of amides is 1. The highest BCUT2D eigenvalue weighted by Gasteiger charge is 2.49. The number of aromatic nitrogens is 3. The van der Waals surface area contributed by atoms with Crippen molar-refractivity contribution in [3.63, 3.8) is 0 Å². The number of carbonyl (C=O) groups excluding carboxylic acids is 1. The third-order valence-electron chi connectivity index (χ3n) is 9.98. The molecule has 1 atom stereocenters. The molecule has 6 heterocycles. The van der Waals surface area contributed by atoms with Gasteiger partial charge in [0, 0.05) is 36.8 Å². The van der Waals surface area contributed by atoms with Crippen molar-refractivity contribution in [3.8, 4) is 17.3 Å². The molecule has 4 aliphatic rings. The maximum atomic E-state index is 16.6. The van der Waals surface area contributed by atoms with E-state index in [1.807, 2.05) is 4.90 Å². The van der Waals surface area contributed by atoms with E-state index in [1.165, 1.54) is 6.07 Å². The third-order valence-corrected chi connectivity index (χ3v) is 9.98. The molecule has 4 aromatic rings. The lowest BCUT2D eigenvalue weighted by Crippen LogP contribution is -2.65. The van der Waals surface area contributed by atoms with E-state index in [-0.39, 0.29) is 28.7 Å². The van der Waals surface area contributed by atoms with Gasteiger partial charge in [0.15, 0.2) is 5.82 Å². The van der Waals surface area contributed by atoms with Crippen LogP contribution in [0.3, 0.4) is 0 Å². The predicted molar refractivity (Wildman–Crippen MR) is 155 cm³/mol. The van der Waals surface area contributed by atoms with E-state index in [2.05, 4.69) is 20.2 Å². The Morgan fingerprint density at radius 2 is 1.76 bits per heavy atom. The molecule has 0 saturated carbocycles. The lowest BCUT2D eigenvalue weighted by Gasteiger charge is -2.47. The molecular weight excluding hydrogens is 538 g/mol. The minimum Gasteiger partial charge on any atom is -0.461 e. The molecule has 4 aliphatic heterocycles. The first-order valence-corrected chi connectivity index (χ1v) is 14.9. The van der Waals surface area contributed by atoms with Gasteiger partial charge in [-0.05, 0) is 63.1 Å². The highest BCUT2D eigenvalue weighted by atomic mass is 19.1. The van der Waals surface area contributed by atoms with E-state index in [0.717, 1.165) is 51.6 Å². The lowest BCUT2D eigenvalue weighted by atomic mass is 9.74. The van der Waals surface area contributed by atoms with Crippen LogP contribution >= 0.6 is 0 Å². The van der Waals surface area contributed by atoms with Crippen molar-refractivity contribution < 1.29 is 18.3 Å².